The van der Waals surface area contributed by atoms with Crippen LogP contribution >= 0.6 is 0 Å². The summed E-state index contributed by atoms with van der Waals surface area (Å²) in [6, 6.07) is 7.78. The summed E-state index contributed by atoms with van der Waals surface area (Å²) in [4.78, 5) is 44.8. The molecule has 0 aliphatic rings. The molecule has 0 fully saturated rings. The average Bonchev–Trinajstić information content (AvgIpc) is 2.66. The second kappa shape index (κ2) is 9.60. The normalized spacial score (nSPS) is 11.7. The lowest BCUT2D eigenvalue weighted by Crippen LogP contribution is -2.34. The van der Waals surface area contributed by atoms with E-state index in [9.17, 15) is 29.6 Å². The molecule has 0 saturated heterocycles. The number of nitrogens with two attached hydrogens (primary N) is 1. The topological polar surface area (TPSA) is 155 Å². The van der Waals surface area contributed by atoms with E-state index in [1.807, 2.05) is 0 Å². The molecule has 1 heterocycles. The first kappa shape index (κ1) is 21.8. The fourth-order valence-corrected chi connectivity index (χ4v) is 2.58. The molecule has 0 radical (unpaired) electrons. The molecular formula is C19H21N3O7. The van der Waals surface area contributed by atoms with Crippen molar-refractivity contribution in [1.29, 1.82) is 0 Å². The number of primary amides is 1. The molecule has 1 atom stereocenters. The Balaban J connectivity index is 2.03. The number of ketones is 1. The minimum absolute atomic E-state index is 0.101. The monoisotopic (exact) mass is 403 g/mol. The number of aromatic nitrogens is 1. The number of rotatable bonds is 10. The standard InChI is InChI=1S/C19H21N3O7/c1-12(23)2-3-13-4-6-16(7-5-13)29-11-15(24)10-21-9-14(22(27)28)8-17(18(20)25)19(21)26/h4-9,15,24H,2-3,10-11H2,1H3,(H2,20,25). The van der Waals surface area contributed by atoms with Crippen LogP contribution in [0.25, 0.3) is 0 Å². The summed E-state index contributed by atoms with van der Waals surface area (Å²) in [5.41, 5.74) is 4.19. The van der Waals surface area contributed by atoms with Crippen LogP contribution in [0.3, 0.4) is 0 Å². The number of hydrogen-bond acceptors (Lipinski definition) is 7. The van der Waals surface area contributed by atoms with E-state index in [-0.39, 0.29) is 18.9 Å². The third kappa shape index (κ3) is 6.25. The van der Waals surface area contributed by atoms with Crippen LogP contribution in [0.4, 0.5) is 5.69 Å². The molecule has 0 bridgehead atoms. The van der Waals surface area contributed by atoms with Crippen molar-refractivity contribution in [3.63, 3.8) is 0 Å². The van der Waals surface area contributed by atoms with E-state index < -0.39 is 33.7 Å². The van der Waals surface area contributed by atoms with E-state index in [4.69, 9.17) is 10.5 Å². The number of ether oxygens (including phenoxy) is 1. The molecule has 1 unspecified atom stereocenters. The first-order valence-electron chi connectivity index (χ1n) is 8.75. The largest absolute Gasteiger partial charge is 0.491 e. The summed E-state index contributed by atoms with van der Waals surface area (Å²) in [6.07, 6.45) is 0.829. The van der Waals surface area contributed by atoms with Gasteiger partial charge in [-0.15, -0.1) is 0 Å². The summed E-state index contributed by atoms with van der Waals surface area (Å²) in [6.45, 7) is 1.02. The molecule has 1 aromatic carbocycles. The van der Waals surface area contributed by atoms with Crippen molar-refractivity contribution < 1.29 is 24.4 Å². The molecule has 0 spiro atoms. The van der Waals surface area contributed by atoms with Gasteiger partial charge in [-0.05, 0) is 31.0 Å². The fourth-order valence-electron chi connectivity index (χ4n) is 2.58. The Bertz CT molecular complexity index is 967. The lowest BCUT2D eigenvalue weighted by Gasteiger charge is -2.14. The van der Waals surface area contributed by atoms with Crippen LogP contribution in [0.15, 0.2) is 41.3 Å². The quantitative estimate of drug-likeness (QED) is 0.439. The zero-order valence-corrected chi connectivity index (χ0v) is 15.7. The minimum atomic E-state index is -1.17. The summed E-state index contributed by atoms with van der Waals surface area (Å²) in [7, 11) is 0. The van der Waals surface area contributed by atoms with Gasteiger partial charge in [0.05, 0.1) is 17.7 Å². The Labute approximate surface area is 165 Å². The number of aliphatic hydroxyl groups is 1. The highest BCUT2D eigenvalue weighted by molar-refractivity contribution is 5.92. The second-order valence-electron chi connectivity index (χ2n) is 6.50. The van der Waals surface area contributed by atoms with Gasteiger partial charge < -0.3 is 24.9 Å². The Morgan fingerprint density at radius 1 is 1.31 bits per heavy atom. The third-order valence-corrected chi connectivity index (χ3v) is 4.09. The van der Waals surface area contributed by atoms with Crippen molar-refractivity contribution >= 4 is 17.4 Å². The summed E-state index contributed by atoms with van der Waals surface area (Å²) >= 11 is 0. The highest BCUT2D eigenvalue weighted by Crippen LogP contribution is 2.14. The predicted molar refractivity (Wildman–Crippen MR) is 103 cm³/mol. The Hall–Kier alpha value is -3.53. The SMILES string of the molecule is CC(=O)CCc1ccc(OCC(O)Cn2cc([N+](=O)[O-])cc(C(N)=O)c2=O)cc1. The molecule has 1 aromatic heterocycles. The second-order valence-corrected chi connectivity index (χ2v) is 6.50. The van der Waals surface area contributed by atoms with E-state index in [1.165, 1.54) is 6.92 Å². The molecule has 154 valence electrons. The van der Waals surface area contributed by atoms with Gasteiger partial charge >= 0.3 is 0 Å². The van der Waals surface area contributed by atoms with Crippen LogP contribution < -0.4 is 16.0 Å². The Morgan fingerprint density at radius 3 is 2.52 bits per heavy atom. The van der Waals surface area contributed by atoms with E-state index in [1.54, 1.807) is 24.3 Å². The number of aliphatic hydroxyl groups excluding tert-OH is 1. The number of carbonyl (C=O) groups excluding carboxylic acids is 2. The first-order chi connectivity index (χ1) is 13.7. The van der Waals surface area contributed by atoms with Crippen LogP contribution in [0.1, 0.15) is 29.3 Å². The van der Waals surface area contributed by atoms with Gasteiger partial charge in [-0.3, -0.25) is 19.7 Å². The van der Waals surface area contributed by atoms with Gasteiger partial charge in [0.15, 0.2) is 0 Å². The number of aryl methyl sites for hydroxylation is 1. The van der Waals surface area contributed by atoms with Gasteiger partial charge in [-0.2, -0.15) is 0 Å². The third-order valence-electron chi connectivity index (χ3n) is 4.09. The molecule has 0 aliphatic carbocycles. The number of amides is 1. The lowest BCUT2D eigenvalue weighted by molar-refractivity contribution is -0.385. The highest BCUT2D eigenvalue weighted by Gasteiger charge is 2.19. The van der Waals surface area contributed by atoms with Crippen LogP contribution in [-0.4, -0.2) is 39.0 Å². The maximum Gasteiger partial charge on any atom is 0.286 e. The van der Waals surface area contributed by atoms with Crippen molar-refractivity contribution in [2.45, 2.75) is 32.4 Å². The van der Waals surface area contributed by atoms with Crippen molar-refractivity contribution in [1.82, 2.24) is 4.57 Å². The molecule has 2 rings (SSSR count). The molecule has 3 N–H and O–H groups in total. The molecule has 29 heavy (non-hydrogen) atoms. The van der Waals surface area contributed by atoms with Crippen LogP contribution in [0, 0.1) is 10.1 Å². The fraction of sp³-hybridized carbons (Fsp3) is 0.316. The Morgan fingerprint density at radius 2 is 1.97 bits per heavy atom. The number of nitro groups is 1. The summed E-state index contributed by atoms with van der Waals surface area (Å²) in [5, 5.41) is 21.1. The molecule has 0 aliphatic heterocycles. The molecule has 1 amide bonds. The first-order valence-corrected chi connectivity index (χ1v) is 8.75. The van der Waals surface area contributed by atoms with E-state index >= 15 is 0 Å². The molecule has 2 aromatic rings. The van der Waals surface area contributed by atoms with Gasteiger partial charge in [0, 0.05) is 12.5 Å². The van der Waals surface area contributed by atoms with E-state index in [0.29, 0.717) is 18.6 Å². The molecule has 10 heteroatoms. The highest BCUT2D eigenvalue weighted by atomic mass is 16.6. The smallest absolute Gasteiger partial charge is 0.286 e. The summed E-state index contributed by atoms with van der Waals surface area (Å²) < 4.78 is 6.32. The van der Waals surface area contributed by atoms with Crippen molar-refractivity contribution in [2.75, 3.05) is 6.61 Å². The average molecular weight is 403 g/mol. The number of carbonyl (C=O) groups is 2. The van der Waals surface area contributed by atoms with Crippen LogP contribution in [0.2, 0.25) is 0 Å². The van der Waals surface area contributed by atoms with Crippen molar-refractivity contribution in [3.05, 3.63) is 68.1 Å². The molecule has 10 nitrogen and oxygen atoms in total. The number of Topliss-reactive ketones (excluding diaryl/α,β-unsaturated/α-hetero) is 1. The zero-order chi connectivity index (χ0) is 21.6. The Kier molecular flexibility index (Phi) is 7.21. The molecular weight excluding hydrogens is 382 g/mol. The van der Waals surface area contributed by atoms with Crippen LogP contribution in [-0.2, 0) is 17.8 Å². The van der Waals surface area contributed by atoms with Gasteiger partial charge in [-0.1, -0.05) is 12.1 Å². The number of hydrogen-bond donors (Lipinski definition) is 2. The van der Waals surface area contributed by atoms with Gasteiger partial charge in [0.25, 0.3) is 17.2 Å². The maximum absolute atomic E-state index is 12.2. The zero-order valence-electron chi connectivity index (χ0n) is 15.7. The van der Waals surface area contributed by atoms with E-state index in [0.717, 1.165) is 22.4 Å². The number of pyridine rings is 1. The van der Waals surface area contributed by atoms with Crippen molar-refractivity contribution in [3.8, 4) is 5.75 Å². The minimum Gasteiger partial charge on any atom is -0.491 e. The van der Waals surface area contributed by atoms with Gasteiger partial charge in [-0.25, -0.2) is 0 Å². The predicted octanol–water partition coefficient (Wildman–Crippen LogP) is 0.817. The lowest BCUT2D eigenvalue weighted by atomic mass is 10.1. The van der Waals surface area contributed by atoms with Gasteiger partial charge in [0.2, 0.25) is 0 Å². The number of nitrogens with zero attached hydrogens (tertiary/aromatic N) is 2. The summed E-state index contributed by atoms with van der Waals surface area (Å²) in [5.74, 6) is -0.521. The number of benzene rings is 1. The molecule has 0 saturated carbocycles. The van der Waals surface area contributed by atoms with E-state index in [2.05, 4.69) is 0 Å². The van der Waals surface area contributed by atoms with Gasteiger partial charge in [0.1, 0.15) is 29.8 Å². The van der Waals surface area contributed by atoms with Crippen molar-refractivity contribution in [2.24, 2.45) is 5.73 Å². The maximum atomic E-state index is 12.2. The van der Waals surface area contributed by atoms with Crippen LogP contribution in [0.5, 0.6) is 5.75 Å².